The lowest BCUT2D eigenvalue weighted by atomic mass is 9.86. The summed E-state index contributed by atoms with van der Waals surface area (Å²) < 4.78 is 17.4. The molecule has 4 aromatic rings. The number of fused-ring (bicyclic) bond motifs is 3. The van der Waals surface area contributed by atoms with Gasteiger partial charge in [-0.25, -0.2) is 4.79 Å². The van der Waals surface area contributed by atoms with Crippen molar-refractivity contribution in [1.82, 2.24) is 20.2 Å². The van der Waals surface area contributed by atoms with Crippen LogP contribution in [0.25, 0.3) is 10.9 Å². The Labute approximate surface area is 260 Å². The average molecular weight is 613 g/mol. The number of aromatic nitrogens is 2. The Morgan fingerprint density at radius 1 is 1.16 bits per heavy atom. The van der Waals surface area contributed by atoms with Gasteiger partial charge >= 0.3 is 6.09 Å². The van der Waals surface area contributed by atoms with Gasteiger partial charge in [0, 0.05) is 55.1 Å². The van der Waals surface area contributed by atoms with Gasteiger partial charge in [0.1, 0.15) is 18.4 Å². The highest BCUT2D eigenvalue weighted by Gasteiger charge is 2.35. The zero-order chi connectivity index (χ0) is 30.8. The van der Waals surface area contributed by atoms with E-state index in [1.165, 1.54) is 13.3 Å². The third-order valence-electron chi connectivity index (χ3n) is 8.15. The van der Waals surface area contributed by atoms with Crippen molar-refractivity contribution in [3.8, 4) is 23.3 Å². The van der Waals surface area contributed by atoms with E-state index in [0.717, 1.165) is 24.1 Å². The number of methoxy groups -OCH3 is 1. The second-order valence-corrected chi connectivity index (χ2v) is 11.8. The molecule has 2 bridgehead atoms. The van der Waals surface area contributed by atoms with Crippen LogP contribution in [0.2, 0.25) is 5.02 Å². The molecule has 10 nitrogen and oxygen atoms in total. The van der Waals surface area contributed by atoms with Crippen LogP contribution < -0.4 is 24.8 Å². The number of benzene rings is 2. The SMILES string of the molecule is COc1cc2c(Nc3ccc(OCc4ncccc4C)cc3Cl)c(C#N)cnc2cc1OC(=O)N1CC2CC(C)CC(C1)N2. The van der Waals surface area contributed by atoms with Gasteiger partial charge in [0.2, 0.25) is 0 Å². The summed E-state index contributed by atoms with van der Waals surface area (Å²) in [6, 6.07) is 15.2. The molecule has 2 fully saturated rings. The summed E-state index contributed by atoms with van der Waals surface area (Å²) in [4.78, 5) is 23.8. The number of carbonyl (C=O) groups excluding carboxylic acids is 1. The van der Waals surface area contributed by atoms with Crippen molar-refractivity contribution >= 4 is 40.0 Å². The van der Waals surface area contributed by atoms with Gasteiger partial charge in [-0.1, -0.05) is 24.6 Å². The second-order valence-electron chi connectivity index (χ2n) is 11.4. The Balaban J connectivity index is 1.23. The largest absolute Gasteiger partial charge is 0.493 e. The van der Waals surface area contributed by atoms with Gasteiger partial charge in [-0.15, -0.1) is 0 Å². The number of ether oxygens (including phenoxy) is 3. The number of amides is 1. The molecule has 1 amide bonds. The van der Waals surface area contributed by atoms with Crippen molar-refractivity contribution in [3.05, 3.63) is 76.7 Å². The first kappa shape index (κ1) is 29.5. The molecule has 2 aliphatic heterocycles. The fourth-order valence-corrected chi connectivity index (χ4v) is 6.23. The number of nitriles is 1. The molecule has 0 radical (unpaired) electrons. The molecule has 4 heterocycles. The number of aryl methyl sites for hydroxylation is 1. The molecule has 0 saturated carbocycles. The lowest BCUT2D eigenvalue weighted by molar-refractivity contribution is 0.0914. The lowest BCUT2D eigenvalue weighted by Gasteiger charge is -2.44. The standard InChI is InChI=1S/C33H33ClN6O4/c1-19-9-22-16-40(17-23(10-19)38-22)33(41)44-31-13-28-25(12-30(31)42-3)32(21(14-35)15-37-28)39-27-7-6-24(11-26(27)34)43-18-29-20(2)5-4-8-36-29/h4-8,11-13,15,19,22-23,38H,9-10,16-18H2,1-3H3,(H,37,39). The van der Waals surface area contributed by atoms with Gasteiger partial charge < -0.3 is 29.7 Å². The fraction of sp³-hybridized carbons (Fsp3) is 0.333. The third kappa shape index (κ3) is 6.20. The van der Waals surface area contributed by atoms with Gasteiger partial charge in [0.05, 0.1) is 40.3 Å². The predicted molar refractivity (Wildman–Crippen MR) is 168 cm³/mol. The molecule has 6 rings (SSSR count). The van der Waals surface area contributed by atoms with E-state index in [1.807, 2.05) is 19.1 Å². The molecule has 0 spiro atoms. The average Bonchev–Trinajstić information content (AvgIpc) is 3.01. The van der Waals surface area contributed by atoms with Crippen LogP contribution in [-0.2, 0) is 6.61 Å². The summed E-state index contributed by atoms with van der Waals surface area (Å²) in [5, 5.41) is 17.8. The molecule has 44 heavy (non-hydrogen) atoms. The minimum Gasteiger partial charge on any atom is -0.493 e. The molecule has 2 N–H and O–H groups in total. The van der Waals surface area contributed by atoms with Crippen molar-refractivity contribution in [2.24, 2.45) is 5.92 Å². The molecule has 2 atom stereocenters. The number of piperidine rings is 1. The quantitative estimate of drug-likeness (QED) is 0.245. The van der Waals surface area contributed by atoms with E-state index in [1.54, 1.807) is 41.4 Å². The van der Waals surface area contributed by atoms with Crippen LogP contribution in [-0.4, -0.2) is 53.2 Å². The first-order valence-corrected chi connectivity index (χ1v) is 14.9. The van der Waals surface area contributed by atoms with Gasteiger partial charge in [0.25, 0.3) is 0 Å². The van der Waals surface area contributed by atoms with Crippen molar-refractivity contribution in [1.29, 1.82) is 5.26 Å². The van der Waals surface area contributed by atoms with E-state index in [9.17, 15) is 10.1 Å². The molecular formula is C33H33ClN6O4. The number of hydrogen-bond acceptors (Lipinski definition) is 9. The Hall–Kier alpha value is -4.59. The Bertz CT molecular complexity index is 1740. The van der Waals surface area contributed by atoms with E-state index >= 15 is 0 Å². The maximum Gasteiger partial charge on any atom is 0.415 e. The summed E-state index contributed by atoms with van der Waals surface area (Å²) in [6.07, 6.45) is 4.85. The molecule has 2 aromatic carbocycles. The Kier molecular flexibility index (Phi) is 8.42. The van der Waals surface area contributed by atoms with E-state index in [2.05, 4.69) is 33.6 Å². The summed E-state index contributed by atoms with van der Waals surface area (Å²) >= 11 is 6.65. The molecule has 2 saturated heterocycles. The summed E-state index contributed by atoms with van der Waals surface area (Å²) in [6.45, 7) is 5.74. The van der Waals surface area contributed by atoms with E-state index in [-0.39, 0.29) is 17.8 Å². The van der Waals surface area contributed by atoms with Crippen molar-refractivity contribution < 1.29 is 19.0 Å². The minimum atomic E-state index is -0.423. The first-order valence-electron chi connectivity index (χ1n) is 14.5. The molecule has 2 aromatic heterocycles. The van der Waals surface area contributed by atoms with Crippen molar-refractivity contribution in [2.45, 2.75) is 45.4 Å². The minimum absolute atomic E-state index is 0.257. The zero-order valence-corrected chi connectivity index (χ0v) is 25.5. The van der Waals surface area contributed by atoms with Crippen LogP contribution in [0.3, 0.4) is 0 Å². The number of carbonyl (C=O) groups is 1. The summed E-state index contributed by atoms with van der Waals surface area (Å²) in [7, 11) is 1.51. The van der Waals surface area contributed by atoms with Crippen molar-refractivity contribution in [2.75, 3.05) is 25.5 Å². The number of piperazine rings is 1. The lowest BCUT2D eigenvalue weighted by Crippen LogP contribution is -2.61. The third-order valence-corrected chi connectivity index (χ3v) is 8.46. The van der Waals surface area contributed by atoms with Crippen LogP contribution in [0.1, 0.15) is 36.6 Å². The fourth-order valence-electron chi connectivity index (χ4n) is 6.01. The van der Waals surface area contributed by atoms with Gasteiger partial charge in [-0.2, -0.15) is 5.26 Å². The smallest absolute Gasteiger partial charge is 0.415 e. The summed E-state index contributed by atoms with van der Waals surface area (Å²) in [5.41, 5.74) is 3.79. The number of nitrogens with zero attached hydrogens (tertiary/aromatic N) is 4. The van der Waals surface area contributed by atoms with Crippen LogP contribution >= 0.6 is 11.6 Å². The van der Waals surface area contributed by atoms with Crippen LogP contribution in [0.4, 0.5) is 16.2 Å². The number of anilines is 2. The molecule has 2 aliphatic rings. The van der Waals surface area contributed by atoms with Crippen molar-refractivity contribution in [3.63, 3.8) is 0 Å². The molecule has 2 unspecified atom stereocenters. The molecule has 0 aliphatic carbocycles. The first-order chi connectivity index (χ1) is 21.3. The number of rotatable bonds is 7. The van der Waals surface area contributed by atoms with Gasteiger partial charge in [-0.05, 0) is 55.5 Å². The van der Waals surface area contributed by atoms with E-state index in [4.69, 9.17) is 25.8 Å². The second kappa shape index (κ2) is 12.6. The van der Waals surface area contributed by atoms with Gasteiger partial charge in [-0.3, -0.25) is 9.97 Å². The Morgan fingerprint density at radius 3 is 2.66 bits per heavy atom. The molecule has 226 valence electrons. The highest BCUT2D eigenvalue weighted by molar-refractivity contribution is 6.33. The molecule has 11 heteroatoms. The number of likely N-dealkylation sites (tertiary alicyclic amines) is 1. The number of nitrogens with one attached hydrogen (secondary N) is 2. The van der Waals surface area contributed by atoms with Crippen LogP contribution in [0.15, 0.2) is 54.9 Å². The monoisotopic (exact) mass is 612 g/mol. The highest BCUT2D eigenvalue weighted by Crippen LogP contribution is 2.39. The predicted octanol–water partition coefficient (Wildman–Crippen LogP) is 6.37. The van der Waals surface area contributed by atoms with E-state index in [0.29, 0.717) is 70.0 Å². The van der Waals surface area contributed by atoms with Crippen LogP contribution in [0.5, 0.6) is 17.2 Å². The van der Waals surface area contributed by atoms with Crippen LogP contribution in [0, 0.1) is 24.2 Å². The number of pyridine rings is 2. The topological polar surface area (TPSA) is 122 Å². The van der Waals surface area contributed by atoms with E-state index < -0.39 is 6.09 Å². The maximum absolute atomic E-state index is 13.2. The Morgan fingerprint density at radius 2 is 1.95 bits per heavy atom. The molecular weight excluding hydrogens is 580 g/mol. The number of hydrogen-bond donors (Lipinski definition) is 2. The number of halogens is 1. The zero-order valence-electron chi connectivity index (χ0n) is 24.8. The summed E-state index contributed by atoms with van der Waals surface area (Å²) in [5.74, 6) is 1.82. The highest BCUT2D eigenvalue weighted by atomic mass is 35.5. The van der Waals surface area contributed by atoms with Gasteiger partial charge in [0.15, 0.2) is 11.5 Å². The normalized spacial score (nSPS) is 19.2. The maximum atomic E-state index is 13.2.